The highest BCUT2D eigenvalue weighted by molar-refractivity contribution is 5.68. The molecule has 2 heterocycles. The zero-order chi connectivity index (χ0) is 15.8. The van der Waals surface area contributed by atoms with Crippen molar-refractivity contribution < 1.29 is 14.3 Å². The van der Waals surface area contributed by atoms with E-state index in [1.807, 2.05) is 41.5 Å². The monoisotopic (exact) mass is 295 g/mol. The van der Waals surface area contributed by atoms with Gasteiger partial charge in [-0.15, -0.1) is 0 Å². The number of amides is 1. The summed E-state index contributed by atoms with van der Waals surface area (Å²) in [5.74, 6) is 0.746. The van der Waals surface area contributed by atoms with Crippen molar-refractivity contribution in [1.29, 1.82) is 0 Å². The van der Waals surface area contributed by atoms with E-state index in [1.165, 1.54) is 0 Å². The number of carbonyl (C=O) groups is 1. The molecule has 0 fully saturated rings. The van der Waals surface area contributed by atoms with Crippen molar-refractivity contribution in [3.05, 3.63) is 17.2 Å². The van der Waals surface area contributed by atoms with Gasteiger partial charge >= 0.3 is 6.09 Å². The SMILES string of the molecule is CCC(C)(NC(=O)OC(C)(C)C)c1nc2c([nH]1)COC2C. The van der Waals surface area contributed by atoms with E-state index < -0.39 is 17.2 Å². The van der Waals surface area contributed by atoms with Crippen molar-refractivity contribution in [2.45, 2.75) is 71.8 Å². The fourth-order valence-electron chi connectivity index (χ4n) is 2.26. The average Bonchev–Trinajstić information content (AvgIpc) is 2.89. The predicted octanol–water partition coefficient (Wildman–Crippen LogP) is 3.15. The zero-order valence-corrected chi connectivity index (χ0v) is 13.7. The van der Waals surface area contributed by atoms with Crippen molar-refractivity contribution in [1.82, 2.24) is 15.3 Å². The number of aromatic amines is 1. The molecule has 2 atom stereocenters. The van der Waals surface area contributed by atoms with Crippen LogP contribution in [-0.2, 0) is 21.6 Å². The number of nitrogens with zero attached hydrogens (tertiary/aromatic N) is 1. The Morgan fingerprint density at radius 2 is 2.14 bits per heavy atom. The predicted molar refractivity (Wildman–Crippen MR) is 78.8 cm³/mol. The Labute approximate surface area is 125 Å². The number of aromatic nitrogens is 2. The molecule has 118 valence electrons. The van der Waals surface area contributed by atoms with Crippen LogP contribution < -0.4 is 5.32 Å². The molecule has 0 aromatic carbocycles. The second kappa shape index (κ2) is 5.33. The van der Waals surface area contributed by atoms with Gasteiger partial charge < -0.3 is 19.8 Å². The van der Waals surface area contributed by atoms with Crippen LogP contribution in [0.1, 0.15) is 71.3 Å². The van der Waals surface area contributed by atoms with E-state index in [-0.39, 0.29) is 6.10 Å². The van der Waals surface area contributed by atoms with E-state index in [0.717, 1.165) is 17.2 Å². The van der Waals surface area contributed by atoms with Crippen LogP contribution in [0.25, 0.3) is 0 Å². The number of carbonyl (C=O) groups excluding carboxylic acids is 1. The molecule has 1 amide bonds. The molecule has 0 saturated carbocycles. The summed E-state index contributed by atoms with van der Waals surface area (Å²) in [4.78, 5) is 19.9. The molecule has 0 spiro atoms. The summed E-state index contributed by atoms with van der Waals surface area (Å²) in [7, 11) is 0. The number of hydrogen-bond donors (Lipinski definition) is 2. The van der Waals surface area contributed by atoms with E-state index in [2.05, 4.69) is 15.3 Å². The molecule has 6 nitrogen and oxygen atoms in total. The molecule has 2 unspecified atom stereocenters. The minimum absolute atomic E-state index is 0.00682. The van der Waals surface area contributed by atoms with Crippen molar-refractivity contribution in [3.63, 3.8) is 0 Å². The maximum atomic E-state index is 12.0. The third kappa shape index (κ3) is 3.37. The Morgan fingerprint density at radius 1 is 1.48 bits per heavy atom. The van der Waals surface area contributed by atoms with Crippen LogP contribution in [0, 0.1) is 0 Å². The number of rotatable bonds is 3. The van der Waals surface area contributed by atoms with Gasteiger partial charge in [0.05, 0.1) is 29.6 Å². The van der Waals surface area contributed by atoms with Crippen LogP contribution in [0.5, 0.6) is 0 Å². The molecule has 1 aliphatic rings. The highest BCUT2D eigenvalue weighted by Crippen LogP contribution is 2.32. The second-order valence-corrected chi connectivity index (χ2v) is 6.71. The van der Waals surface area contributed by atoms with Crippen molar-refractivity contribution in [2.75, 3.05) is 0 Å². The number of imidazole rings is 1. The van der Waals surface area contributed by atoms with Crippen molar-refractivity contribution >= 4 is 6.09 Å². The Kier molecular flexibility index (Phi) is 4.02. The zero-order valence-electron chi connectivity index (χ0n) is 13.7. The molecule has 6 heteroatoms. The van der Waals surface area contributed by atoms with Crippen LogP contribution in [0.2, 0.25) is 0 Å². The first-order valence-corrected chi connectivity index (χ1v) is 7.36. The van der Waals surface area contributed by atoms with Gasteiger partial charge in [-0.05, 0) is 41.0 Å². The molecule has 2 rings (SSSR count). The van der Waals surface area contributed by atoms with Gasteiger partial charge in [-0.1, -0.05) is 6.92 Å². The van der Waals surface area contributed by atoms with Crippen LogP contribution in [-0.4, -0.2) is 21.7 Å². The third-order valence-electron chi connectivity index (χ3n) is 3.68. The molecule has 1 aromatic rings. The Bertz CT molecular complexity index is 533. The largest absolute Gasteiger partial charge is 0.444 e. The molecular formula is C15H25N3O3. The summed E-state index contributed by atoms with van der Waals surface area (Å²) in [5, 5.41) is 2.92. The molecule has 1 aromatic heterocycles. The molecule has 0 bridgehead atoms. The van der Waals surface area contributed by atoms with Crippen molar-refractivity contribution in [2.24, 2.45) is 0 Å². The number of ether oxygens (including phenoxy) is 2. The van der Waals surface area contributed by atoms with Crippen LogP contribution >= 0.6 is 0 Å². The van der Waals surface area contributed by atoms with E-state index in [0.29, 0.717) is 13.0 Å². The van der Waals surface area contributed by atoms with Crippen LogP contribution in [0.15, 0.2) is 0 Å². The van der Waals surface area contributed by atoms with Crippen molar-refractivity contribution in [3.8, 4) is 0 Å². The van der Waals surface area contributed by atoms with Gasteiger partial charge in [0.1, 0.15) is 11.4 Å². The Morgan fingerprint density at radius 3 is 2.67 bits per heavy atom. The summed E-state index contributed by atoms with van der Waals surface area (Å²) < 4.78 is 10.8. The Hall–Kier alpha value is -1.56. The minimum atomic E-state index is -0.591. The van der Waals surface area contributed by atoms with Crippen LogP contribution in [0.4, 0.5) is 4.79 Å². The maximum Gasteiger partial charge on any atom is 0.408 e. The molecule has 0 saturated heterocycles. The van der Waals surface area contributed by atoms with Gasteiger partial charge in [0, 0.05) is 0 Å². The lowest BCUT2D eigenvalue weighted by Gasteiger charge is -2.29. The van der Waals surface area contributed by atoms with Gasteiger partial charge in [0.15, 0.2) is 0 Å². The van der Waals surface area contributed by atoms with E-state index in [4.69, 9.17) is 9.47 Å². The lowest BCUT2D eigenvalue weighted by atomic mass is 9.98. The number of hydrogen-bond acceptors (Lipinski definition) is 4. The van der Waals surface area contributed by atoms with E-state index >= 15 is 0 Å². The van der Waals surface area contributed by atoms with Gasteiger partial charge in [-0.3, -0.25) is 0 Å². The fraction of sp³-hybridized carbons (Fsp3) is 0.733. The average molecular weight is 295 g/mol. The maximum absolute atomic E-state index is 12.0. The number of H-pyrrole nitrogens is 1. The van der Waals surface area contributed by atoms with Gasteiger partial charge in [-0.25, -0.2) is 9.78 Å². The van der Waals surface area contributed by atoms with E-state index in [1.54, 1.807) is 0 Å². The number of nitrogens with one attached hydrogen (secondary N) is 2. The third-order valence-corrected chi connectivity index (χ3v) is 3.68. The Balaban J connectivity index is 2.17. The summed E-state index contributed by atoms with van der Waals surface area (Å²) >= 11 is 0. The second-order valence-electron chi connectivity index (χ2n) is 6.71. The molecule has 2 N–H and O–H groups in total. The van der Waals surface area contributed by atoms with Gasteiger partial charge in [-0.2, -0.15) is 0 Å². The highest BCUT2D eigenvalue weighted by Gasteiger charge is 2.35. The normalized spacial score (nSPS) is 20.8. The highest BCUT2D eigenvalue weighted by atomic mass is 16.6. The quantitative estimate of drug-likeness (QED) is 0.898. The lowest BCUT2D eigenvalue weighted by molar-refractivity contribution is 0.0451. The number of alkyl carbamates (subject to hydrolysis) is 1. The standard InChI is InChI=1S/C15H25N3O3/c1-7-15(6,18-13(19)21-14(3,4)5)12-16-10-8-20-9(2)11(10)17-12/h9H,7-8H2,1-6H3,(H,16,17)(H,18,19). The van der Waals surface area contributed by atoms with Gasteiger partial charge in [0.2, 0.25) is 0 Å². The first-order chi connectivity index (χ1) is 9.64. The van der Waals surface area contributed by atoms with Crippen LogP contribution in [0.3, 0.4) is 0 Å². The first-order valence-electron chi connectivity index (χ1n) is 7.36. The number of fused-ring (bicyclic) bond motifs is 1. The minimum Gasteiger partial charge on any atom is -0.444 e. The molecule has 1 aliphatic heterocycles. The molecule has 0 radical (unpaired) electrons. The first kappa shape index (κ1) is 15.8. The topological polar surface area (TPSA) is 76.2 Å². The molecule has 21 heavy (non-hydrogen) atoms. The summed E-state index contributed by atoms with van der Waals surface area (Å²) in [5.41, 5.74) is 0.803. The lowest BCUT2D eigenvalue weighted by Crippen LogP contribution is -2.46. The van der Waals surface area contributed by atoms with E-state index in [9.17, 15) is 4.79 Å². The molecular weight excluding hydrogens is 270 g/mol. The summed E-state index contributed by atoms with van der Waals surface area (Å²) in [6, 6.07) is 0. The summed E-state index contributed by atoms with van der Waals surface area (Å²) in [6.07, 6.45) is 0.258. The molecule has 0 aliphatic carbocycles. The summed E-state index contributed by atoms with van der Waals surface area (Å²) in [6.45, 7) is 12.0. The fourth-order valence-corrected chi connectivity index (χ4v) is 2.26. The van der Waals surface area contributed by atoms with Gasteiger partial charge in [0.25, 0.3) is 0 Å². The smallest absolute Gasteiger partial charge is 0.408 e.